The van der Waals surface area contributed by atoms with Crippen molar-refractivity contribution in [2.75, 3.05) is 14.1 Å². The van der Waals surface area contributed by atoms with Crippen molar-refractivity contribution in [1.29, 1.82) is 0 Å². The second kappa shape index (κ2) is 5.85. The molecular formula is C16H15N2S2+. The third kappa shape index (κ3) is 2.81. The van der Waals surface area contributed by atoms with Crippen molar-refractivity contribution >= 4 is 32.3 Å². The predicted molar refractivity (Wildman–Crippen MR) is 90.6 cm³/mol. The first kappa shape index (κ1) is 13.5. The SMILES string of the molecule is C[N+](C)=C1C=CC(=C2N=C(c3ccccc3)SS2)C=C1. The van der Waals surface area contributed by atoms with Gasteiger partial charge in [0.25, 0.3) is 0 Å². The number of benzene rings is 1. The summed E-state index contributed by atoms with van der Waals surface area (Å²) in [6.45, 7) is 0. The maximum Gasteiger partial charge on any atom is 0.199 e. The Morgan fingerprint density at radius 2 is 1.60 bits per heavy atom. The Balaban J connectivity index is 1.89. The number of hydrogen-bond acceptors (Lipinski definition) is 3. The van der Waals surface area contributed by atoms with E-state index in [1.165, 1.54) is 16.8 Å². The molecule has 2 aliphatic rings. The summed E-state index contributed by atoms with van der Waals surface area (Å²) in [7, 11) is 7.56. The highest BCUT2D eigenvalue weighted by Crippen LogP contribution is 2.43. The molecule has 20 heavy (non-hydrogen) atoms. The second-order valence-corrected chi connectivity index (χ2v) is 6.80. The van der Waals surface area contributed by atoms with E-state index in [9.17, 15) is 0 Å². The quantitative estimate of drug-likeness (QED) is 0.577. The van der Waals surface area contributed by atoms with Crippen LogP contribution in [0.15, 0.2) is 70.2 Å². The van der Waals surface area contributed by atoms with Gasteiger partial charge in [0.2, 0.25) is 0 Å². The number of rotatable bonds is 1. The van der Waals surface area contributed by atoms with Crippen molar-refractivity contribution < 1.29 is 4.58 Å². The largest absolute Gasteiger partial charge is 0.235 e. The summed E-state index contributed by atoms with van der Waals surface area (Å²) in [6, 6.07) is 10.3. The molecule has 0 amide bonds. The highest BCUT2D eigenvalue weighted by molar-refractivity contribution is 8.84. The minimum Gasteiger partial charge on any atom is -0.235 e. The van der Waals surface area contributed by atoms with Crippen molar-refractivity contribution in [1.82, 2.24) is 0 Å². The number of allylic oxidation sites excluding steroid dienone is 5. The fraction of sp³-hybridized carbons (Fsp3) is 0.125. The summed E-state index contributed by atoms with van der Waals surface area (Å²) in [5.74, 6) is 0. The highest BCUT2D eigenvalue weighted by atomic mass is 33.1. The molecule has 0 atom stereocenters. The summed E-state index contributed by atoms with van der Waals surface area (Å²) in [5, 5.41) is 2.17. The van der Waals surface area contributed by atoms with Crippen molar-refractivity contribution in [3.63, 3.8) is 0 Å². The van der Waals surface area contributed by atoms with Crippen LogP contribution in [-0.4, -0.2) is 29.4 Å². The number of aliphatic imine (C=N–C) groups is 1. The third-order valence-electron chi connectivity index (χ3n) is 3.05. The Bertz CT molecular complexity index is 658. The predicted octanol–water partition coefficient (Wildman–Crippen LogP) is 3.88. The molecule has 0 unspecified atom stereocenters. The minimum atomic E-state index is 1.08. The first-order valence-corrected chi connectivity index (χ1v) is 8.52. The summed E-state index contributed by atoms with van der Waals surface area (Å²) in [4.78, 5) is 4.75. The van der Waals surface area contributed by atoms with Crippen molar-refractivity contribution in [3.05, 3.63) is 70.8 Å². The van der Waals surface area contributed by atoms with Crippen LogP contribution in [0, 0.1) is 0 Å². The van der Waals surface area contributed by atoms with Gasteiger partial charge in [-0.1, -0.05) is 30.3 Å². The normalized spacial score (nSPS) is 17.7. The standard InChI is InChI=1S/C16H15N2S2/c1-18(2)14-10-8-13(9-11-14)16-17-15(19-20-16)12-6-4-3-5-7-12/h3-11H,1-2H3/q+1. The molecule has 0 saturated heterocycles. The molecule has 2 nitrogen and oxygen atoms in total. The number of hydrogen-bond donors (Lipinski definition) is 0. The summed E-state index contributed by atoms with van der Waals surface area (Å²) >= 11 is 0. The molecule has 1 aliphatic carbocycles. The molecule has 1 heterocycles. The average molecular weight is 299 g/mol. The molecule has 0 saturated carbocycles. The van der Waals surface area contributed by atoms with Crippen LogP contribution in [0.2, 0.25) is 0 Å². The fourth-order valence-electron chi connectivity index (χ4n) is 1.92. The minimum absolute atomic E-state index is 1.08. The van der Waals surface area contributed by atoms with Crippen LogP contribution in [0.3, 0.4) is 0 Å². The van der Waals surface area contributed by atoms with Crippen LogP contribution in [-0.2, 0) is 0 Å². The Hall–Kier alpha value is -1.52. The van der Waals surface area contributed by atoms with E-state index in [4.69, 9.17) is 4.99 Å². The molecule has 0 radical (unpaired) electrons. The zero-order valence-corrected chi connectivity index (χ0v) is 13.0. The molecule has 3 rings (SSSR count). The molecule has 0 fully saturated rings. The molecule has 0 bridgehead atoms. The van der Waals surface area contributed by atoms with Gasteiger partial charge in [0.1, 0.15) is 24.2 Å². The van der Waals surface area contributed by atoms with Gasteiger partial charge in [-0.2, -0.15) is 0 Å². The zero-order valence-electron chi connectivity index (χ0n) is 11.4. The van der Waals surface area contributed by atoms with Gasteiger partial charge in [-0.25, -0.2) is 9.57 Å². The molecule has 0 aromatic heterocycles. The average Bonchev–Trinajstić information content (AvgIpc) is 2.98. The van der Waals surface area contributed by atoms with E-state index in [2.05, 4.69) is 41.0 Å². The van der Waals surface area contributed by atoms with Gasteiger partial charge in [-0.05, 0) is 33.7 Å². The smallest absolute Gasteiger partial charge is 0.199 e. The van der Waals surface area contributed by atoms with Crippen LogP contribution >= 0.6 is 21.6 Å². The van der Waals surface area contributed by atoms with Gasteiger partial charge in [-0.15, -0.1) is 0 Å². The van der Waals surface area contributed by atoms with E-state index < -0.39 is 0 Å². The van der Waals surface area contributed by atoms with Crippen LogP contribution in [0.25, 0.3) is 0 Å². The third-order valence-corrected chi connectivity index (χ3v) is 5.30. The monoisotopic (exact) mass is 299 g/mol. The highest BCUT2D eigenvalue weighted by Gasteiger charge is 2.18. The molecule has 0 spiro atoms. The Morgan fingerprint density at radius 3 is 2.25 bits per heavy atom. The van der Waals surface area contributed by atoms with Crippen LogP contribution in [0.5, 0.6) is 0 Å². The van der Waals surface area contributed by atoms with Gasteiger partial charge in [-0.3, -0.25) is 0 Å². The van der Waals surface area contributed by atoms with Gasteiger partial charge in [0.15, 0.2) is 5.71 Å². The van der Waals surface area contributed by atoms with Crippen molar-refractivity contribution in [2.45, 2.75) is 0 Å². The summed E-state index contributed by atoms with van der Waals surface area (Å²) in [5.41, 5.74) is 3.57. The molecule has 0 N–H and O–H groups in total. The summed E-state index contributed by atoms with van der Waals surface area (Å²) < 4.78 is 2.10. The van der Waals surface area contributed by atoms with Gasteiger partial charge in [0.05, 0.1) is 0 Å². The molecule has 1 aliphatic heterocycles. The molecule has 4 heteroatoms. The molecule has 100 valence electrons. The van der Waals surface area contributed by atoms with E-state index in [0.717, 1.165) is 10.1 Å². The van der Waals surface area contributed by atoms with Crippen molar-refractivity contribution in [2.24, 2.45) is 4.99 Å². The van der Waals surface area contributed by atoms with E-state index >= 15 is 0 Å². The van der Waals surface area contributed by atoms with Gasteiger partial charge >= 0.3 is 0 Å². The van der Waals surface area contributed by atoms with Crippen LogP contribution in [0.1, 0.15) is 5.56 Å². The molecule has 1 aromatic carbocycles. The Morgan fingerprint density at radius 1 is 0.900 bits per heavy atom. The maximum atomic E-state index is 4.75. The lowest BCUT2D eigenvalue weighted by atomic mass is 10.1. The molecule has 1 aromatic rings. The van der Waals surface area contributed by atoms with Gasteiger partial charge in [0, 0.05) is 23.3 Å². The lowest BCUT2D eigenvalue weighted by Gasteiger charge is -2.02. The maximum absolute atomic E-state index is 4.75. The first-order valence-electron chi connectivity index (χ1n) is 6.37. The van der Waals surface area contributed by atoms with Crippen LogP contribution in [0.4, 0.5) is 0 Å². The topological polar surface area (TPSA) is 15.4 Å². The Labute approximate surface area is 127 Å². The zero-order chi connectivity index (χ0) is 13.9. The van der Waals surface area contributed by atoms with E-state index in [1.807, 2.05) is 32.3 Å². The summed E-state index contributed by atoms with van der Waals surface area (Å²) in [6.07, 6.45) is 8.53. The first-order chi connectivity index (χ1) is 9.74. The van der Waals surface area contributed by atoms with Crippen molar-refractivity contribution in [3.8, 4) is 0 Å². The van der Waals surface area contributed by atoms with Gasteiger partial charge < -0.3 is 0 Å². The fourth-order valence-corrected chi connectivity index (χ4v) is 4.13. The number of nitrogens with zero attached hydrogens (tertiary/aromatic N) is 2. The van der Waals surface area contributed by atoms with E-state index in [1.54, 1.807) is 21.6 Å². The van der Waals surface area contributed by atoms with E-state index in [-0.39, 0.29) is 0 Å². The van der Waals surface area contributed by atoms with E-state index in [0.29, 0.717) is 0 Å². The second-order valence-electron chi connectivity index (χ2n) is 4.70. The lowest BCUT2D eigenvalue weighted by molar-refractivity contribution is -0.462. The van der Waals surface area contributed by atoms with Crippen LogP contribution < -0.4 is 0 Å². The molecular weight excluding hydrogens is 284 g/mol. The Kier molecular flexibility index (Phi) is 3.94. The lowest BCUT2D eigenvalue weighted by Crippen LogP contribution is -2.09.